The van der Waals surface area contributed by atoms with E-state index in [9.17, 15) is 9.90 Å². The first-order valence-electron chi connectivity index (χ1n) is 17.6. The number of aliphatic hydroxyl groups is 1. The molecular weight excluding hydrogens is 584 g/mol. The fourth-order valence-electron chi connectivity index (χ4n) is 6.75. The monoisotopic (exact) mass is 646 g/mol. The van der Waals surface area contributed by atoms with Crippen molar-refractivity contribution in [2.75, 3.05) is 13.2 Å². The average molecular weight is 647 g/mol. The molecule has 2 N–H and O–H groups in total. The normalized spacial score (nSPS) is 26.7. The molecule has 7 nitrogen and oxygen atoms in total. The van der Waals surface area contributed by atoms with Crippen molar-refractivity contribution >= 4 is 14.3 Å². The fraction of sp³-hybridized carbons (Fsp3) is 0.757. The van der Waals surface area contributed by atoms with Gasteiger partial charge in [-0.3, -0.25) is 4.79 Å². The molecule has 2 unspecified atom stereocenters. The Morgan fingerprint density at radius 3 is 2.56 bits per heavy atom. The predicted molar refractivity (Wildman–Crippen MR) is 183 cm³/mol. The van der Waals surface area contributed by atoms with Crippen LogP contribution in [0, 0.1) is 11.3 Å². The van der Waals surface area contributed by atoms with Gasteiger partial charge in [0.1, 0.15) is 12.4 Å². The minimum absolute atomic E-state index is 0.0713. The second-order valence-corrected chi connectivity index (χ2v) is 19.6. The Labute approximate surface area is 274 Å². The number of aliphatic hydroxyl groups excluding tert-OH is 1. The molecule has 0 aromatic heterocycles. The van der Waals surface area contributed by atoms with Gasteiger partial charge in [-0.05, 0) is 94.0 Å². The van der Waals surface area contributed by atoms with Crippen LogP contribution >= 0.6 is 0 Å². The summed E-state index contributed by atoms with van der Waals surface area (Å²) in [4.78, 5) is 11.0. The minimum atomic E-state index is -2.08. The molecule has 1 aromatic rings. The summed E-state index contributed by atoms with van der Waals surface area (Å²) < 4.78 is 26.1. The predicted octanol–water partition coefficient (Wildman–Crippen LogP) is 8.91. The summed E-state index contributed by atoms with van der Waals surface area (Å²) >= 11 is 0. The van der Waals surface area contributed by atoms with Crippen molar-refractivity contribution in [2.24, 2.45) is 11.3 Å². The van der Waals surface area contributed by atoms with Gasteiger partial charge in [-0.2, -0.15) is 0 Å². The third-order valence-electron chi connectivity index (χ3n) is 10.4. The van der Waals surface area contributed by atoms with Crippen molar-refractivity contribution in [1.29, 1.82) is 0 Å². The lowest BCUT2D eigenvalue weighted by Gasteiger charge is -2.42. The highest BCUT2D eigenvalue weighted by molar-refractivity contribution is 6.74. The molecule has 6 atom stereocenters. The van der Waals surface area contributed by atoms with E-state index in [1.165, 1.54) is 0 Å². The zero-order valence-corrected chi connectivity index (χ0v) is 30.0. The highest BCUT2D eigenvalue weighted by Gasteiger charge is 2.54. The van der Waals surface area contributed by atoms with E-state index in [1.54, 1.807) is 0 Å². The standard InChI is InChI=1S/C37H62O7Si/c1-7-8-24-37(25-16-10-9-14-20-34(39)40)31(32(27-33(37)38)43-35-21-15-17-26-41-35)23-22-30(44-45(5,6)36(2,3)4)28-42-29-18-12-11-13-19-29/h10-13,16,18-19,30-33,35,38H,7-9,14-15,17,20-28H2,1-6H3,(H,39,40)/t30-,31-,32?,33-,35?,37+/m0/s1. The molecule has 1 aromatic carbocycles. The van der Waals surface area contributed by atoms with Crippen molar-refractivity contribution in [2.45, 2.75) is 154 Å². The summed E-state index contributed by atoms with van der Waals surface area (Å²) in [6.07, 6.45) is 14.1. The Hall–Kier alpha value is -1.71. The van der Waals surface area contributed by atoms with E-state index < -0.39 is 20.4 Å². The van der Waals surface area contributed by atoms with Crippen LogP contribution in [0.25, 0.3) is 0 Å². The van der Waals surface area contributed by atoms with E-state index in [4.69, 9.17) is 23.7 Å². The van der Waals surface area contributed by atoms with Gasteiger partial charge in [-0.1, -0.05) is 70.9 Å². The van der Waals surface area contributed by atoms with Crippen LogP contribution in [-0.2, 0) is 18.7 Å². The van der Waals surface area contributed by atoms with Gasteiger partial charge in [-0.15, -0.1) is 0 Å². The number of aliphatic carboxylic acids is 1. The summed E-state index contributed by atoms with van der Waals surface area (Å²) in [7, 11) is -2.08. The molecule has 1 aliphatic carbocycles. The van der Waals surface area contributed by atoms with Gasteiger partial charge in [0.05, 0.1) is 18.3 Å². The van der Waals surface area contributed by atoms with Crippen molar-refractivity contribution < 1.29 is 33.6 Å². The van der Waals surface area contributed by atoms with E-state index in [-0.39, 0.29) is 41.3 Å². The van der Waals surface area contributed by atoms with E-state index in [0.717, 1.165) is 76.6 Å². The molecular formula is C37H62O7Si. The van der Waals surface area contributed by atoms with Gasteiger partial charge in [0.2, 0.25) is 0 Å². The minimum Gasteiger partial charge on any atom is -0.491 e. The lowest BCUT2D eigenvalue weighted by molar-refractivity contribution is -0.199. The molecule has 1 heterocycles. The van der Waals surface area contributed by atoms with E-state index in [0.29, 0.717) is 19.4 Å². The Bertz CT molecular complexity index is 1020. The summed E-state index contributed by atoms with van der Waals surface area (Å²) in [6.45, 7) is 14.8. The van der Waals surface area contributed by atoms with Crippen LogP contribution in [0.2, 0.25) is 18.1 Å². The van der Waals surface area contributed by atoms with Crippen LogP contribution in [0.3, 0.4) is 0 Å². The third-order valence-corrected chi connectivity index (χ3v) is 15.0. The first-order chi connectivity index (χ1) is 21.4. The number of para-hydroxylation sites is 1. The van der Waals surface area contributed by atoms with Gasteiger partial charge >= 0.3 is 5.97 Å². The van der Waals surface area contributed by atoms with E-state index in [2.05, 4.69) is 52.9 Å². The summed E-state index contributed by atoms with van der Waals surface area (Å²) in [5.41, 5.74) is -0.319. The first-order valence-corrected chi connectivity index (χ1v) is 20.5. The van der Waals surface area contributed by atoms with Crippen molar-refractivity contribution in [3.05, 3.63) is 42.5 Å². The van der Waals surface area contributed by atoms with Crippen molar-refractivity contribution in [3.63, 3.8) is 0 Å². The number of benzene rings is 1. The first kappa shape index (κ1) is 37.7. The number of rotatable bonds is 19. The number of hydrogen-bond acceptors (Lipinski definition) is 6. The number of allylic oxidation sites excluding steroid dienone is 2. The Balaban J connectivity index is 1.86. The zero-order chi connectivity index (χ0) is 32.9. The number of hydrogen-bond donors (Lipinski definition) is 2. The maximum atomic E-state index is 11.8. The molecule has 0 radical (unpaired) electrons. The Morgan fingerprint density at radius 1 is 1.16 bits per heavy atom. The molecule has 0 spiro atoms. The van der Waals surface area contributed by atoms with Gasteiger partial charge in [-0.25, -0.2) is 0 Å². The van der Waals surface area contributed by atoms with E-state index in [1.807, 2.05) is 30.3 Å². The summed E-state index contributed by atoms with van der Waals surface area (Å²) in [5, 5.41) is 20.9. The van der Waals surface area contributed by atoms with Crippen molar-refractivity contribution in [3.8, 4) is 5.75 Å². The smallest absolute Gasteiger partial charge is 0.303 e. The van der Waals surface area contributed by atoms with Crippen LogP contribution in [0.4, 0.5) is 0 Å². The maximum absolute atomic E-state index is 11.8. The molecule has 0 bridgehead atoms. The molecule has 1 aliphatic heterocycles. The molecule has 3 rings (SSSR count). The molecule has 1 saturated heterocycles. The molecule has 2 aliphatic rings. The van der Waals surface area contributed by atoms with Crippen LogP contribution in [0.5, 0.6) is 5.75 Å². The highest BCUT2D eigenvalue weighted by atomic mass is 28.4. The van der Waals surface area contributed by atoms with Gasteiger partial charge in [0.25, 0.3) is 0 Å². The number of carbonyl (C=O) groups is 1. The topological polar surface area (TPSA) is 94.5 Å². The number of ether oxygens (including phenoxy) is 3. The molecule has 8 heteroatoms. The maximum Gasteiger partial charge on any atom is 0.303 e. The largest absolute Gasteiger partial charge is 0.491 e. The second-order valence-electron chi connectivity index (χ2n) is 14.8. The Morgan fingerprint density at radius 2 is 1.91 bits per heavy atom. The van der Waals surface area contributed by atoms with Crippen LogP contribution in [0.1, 0.15) is 111 Å². The number of unbranched alkanes of at least 4 members (excludes halogenated alkanes) is 2. The van der Waals surface area contributed by atoms with Crippen LogP contribution < -0.4 is 4.74 Å². The lowest BCUT2D eigenvalue weighted by Crippen LogP contribution is -2.46. The second kappa shape index (κ2) is 18.0. The summed E-state index contributed by atoms with van der Waals surface area (Å²) in [6, 6.07) is 9.96. The quantitative estimate of drug-likeness (QED) is 0.0880. The molecule has 45 heavy (non-hydrogen) atoms. The molecule has 2 fully saturated rings. The average Bonchev–Trinajstić information content (AvgIpc) is 3.24. The summed E-state index contributed by atoms with van der Waals surface area (Å²) in [5.74, 6) is 0.221. The highest BCUT2D eigenvalue weighted by Crippen LogP contribution is 2.54. The molecule has 256 valence electrons. The van der Waals surface area contributed by atoms with E-state index >= 15 is 0 Å². The third kappa shape index (κ3) is 11.5. The Kier molecular flexibility index (Phi) is 15.1. The lowest BCUT2D eigenvalue weighted by atomic mass is 9.68. The number of carboxylic acids is 1. The van der Waals surface area contributed by atoms with Crippen LogP contribution in [0.15, 0.2) is 42.5 Å². The van der Waals surface area contributed by atoms with Gasteiger partial charge in [0, 0.05) is 24.9 Å². The van der Waals surface area contributed by atoms with Crippen molar-refractivity contribution in [1.82, 2.24) is 0 Å². The molecule has 1 saturated carbocycles. The number of carboxylic acid groups (broad SMARTS) is 1. The van der Waals surface area contributed by atoms with Gasteiger partial charge in [0.15, 0.2) is 14.6 Å². The van der Waals surface area contributed by atoms with Crippen LogP contribution in [-0.4, -0.2) is 62.3 Å². The molecule has 0 amide bonds. The van der Waals surface area contributed by atoms with Gasteiger partial charge < -0.3 is 28.8 Å². The zero-order valence-electron chi connectivity index (χ0n) is 29.0. The fourth-order valence-corrected chi connectivity index (χ4v) is 8.13. The SMILES string of the molecule is CCCC[C@]1(CC=CCCCC(=O)O)[C@@H](O)CC(OC2CCCCO2)[C@@H]1CC[C@@H](COc1ccccc1)O[Si](C)(C)C(C)(C)C.